The number of oxazole rings is 1. The topological polar surface area (TPSA) is 114 Å². The normalized spacial score (nSPS) is 11.2. The van der Waals surface area contributed by atoms with E-state index in [0.717, 1.165) is 30.5 Å². The molecular formula is C28H26N4O3. The van der Waals surface area contributed by atoms with Gasteiger partial charge in [-0.15, -0.1) is 0 Å². The standard InChI is InChI=1S/C28H26N4O3/c29-19-11-5-7-13-21(19)31-25(33)17-3-1-2-15-23-26(27(34)18-10-4-6-12-20(18)30-23)28-32-22-14-8-9-16-24(22)35-28/h4-14,16H,1-3,15,17,29H2,(H,30,34)(H,31,33). The number of amides is 1. The third-order valence-electron chi connectivity index (χ3n) is 6.06. The van der Waals surface area contributed by atoms with Crippen LogP contribution in [0.15, 0.2) is 82.0 Å². The fourth-order valence-corrected chi connectivity index (χ4v) is 4.27. The van der Waals surface area contributed by atoms with E-state index in [-0.39, 0.29) is 11.3 Å². The summed E-state index contributed by atoms with van der Waals surface area (Å²) >= 11 is 0. The maximum absolute atomic E-state index is 13.4. The maximum Gasteiger partial charge on any atom is 0.233 e. The van der Waals surface area contributed by atoms with Crippen molar-refractivity contribution in [1.82, 2.24) is 9.97 Å². The zero-order valence-electron chi connectivity index (χ0n) is 19.2. The summed E-state index contributed by atoms with van der Waals surface area (Å²) in [5.41, 5.74) is 10.4. The van der Waals surface area contributed by atoms with Gasteiger partial charge in [-0.25, -0.2) is 4.98 Å². The van der Waals surface area contributed by atoms with Crippen LogP contribution in [-0.2, 0) is 11.2 Å². The summed E-state index contributed by atoms with van der Waals surface area (Å²) in [6.07, 6.45) is 3.42. The number of nitrogens with two attached hydrogens (primary N) is 1. The smallest absolute Gasteiger partial charge is 0.233 e. The van der Waals surface area contributed by atoms with Crippen molar-refractivity contribution < 1.29 is 9.21 Å². The van der Waals surface area contributed by atoms with Crippen molar-refractivity contribution in [2.24, 2.45) is 0 Å². The molecule has 35 heavy (non-hydrogen) atoms. The number of para-hydroxylation sites is 5. The molecule has 0 unspecified atom stereocenters. The SMILES string of the molecule is Nc1ccccc1NC(=O)CCCCCc1[nH]c2ccccc2c(=O)c1-c1nc2ccccc2o1. The second-order valence-electron chi connectivity index (χ2n) is 8.54. The molecule has 0 atom stereocenters. The lowest BCUT2D eigenvalue weighted by Gasteiger charge is -2.10. The Balaban J connectivity index is 1.30. The van der Waals surface area contributed by atoms with Crippen molar-refractivity contribution in [1.29, 1.82) is 0 Å². The number of aromatic nitrogens is 2. The number of unbranched alkanes of at least 4 members (excludes halogenated alkanes) is 2. The number of hydrogen-bond acceptors (Lipinski definition) is 5. The number of fused-ring (bicyclic) bond motifs is 2. The van der Waals surface area contributed by atoms with Gasteiger partial charge in [-0.1, -0.05) is 42.8 Å². The van der Waals surface area contributed by atoms with Gasteiger partial charge in [0, 0.05) is 23.0 Å². The molecule has 2 heterocycles. The molecule has 5 aromatic rings. The number of nitrogens with zero attached hydrogens (tertiary/aromatic N) is 1. The van der Waals surface area contributed by atoms with E-state index in [1.54, 1.807) is 12.1 Å². The van der Waals surface area contributed by atoms with E-state index in [1.165, 1.54) is 0 Å². The average Bonchev–Trinajstić information content (AvgIpc) is 3.29. The van der Waals surface area contributed by atoms with Crippen molar-refractivity contribution in [2.75, 3.05) is 11.1 Å². The summed E-state index contributed by atoms with van der Waals surface area (Å²) in [6, 6.07) is 22.2. The van der Waals surface area contributed by atoms with Gasteiger partial charge in [-0.3, -0.25) is 9.59 Å². The lowest BCUT2D eigenvalue weighted by atomic mass is 10.0. The van der Waals surface area contributed by atoms with Gasteiger partial charge in [-0.2, -0.15) is 0 Å². The summed E-state index contributed by atoms with van der Waals surface area (Å²) in [6.45, 7) is 0. The van der Waals surface area contributed by atoms with Gasteiger partial charge in [0.1, 0.15) is 11.1 Å². The molecule has 1 amide bonds. The second-order valence-corrected chi connectivity index (χ2v) is 8.54. The monoisotopic (exact) mass is 466 g/mol. The Morgan fingerprint density at radius 2 is 1.71 bits per heavy atom. The molecule has 4 N–H and O–H groups in total. The van der Waals surface area contributed by atoms with Crippen molar-refractivity contribution in [3.63, 3.8) is 0 Å². The Bertz CT molecular complexity index is 1530. The first-order valence-electron chi connectivity index (χ1n) is 11.7. The minimum absolute atomic E-state index is 0.0609. The lowest BCUT2D eigenvalue weighted by molar-refractivity contribution is -0.116. The number of aromatic amines is 1. The summed E-state index contributed by atoms with van der Waals surface area (Å²) < 4.78 is 5.96. The Morgan fingerprint density at radius 3 is 2.57 bits per heavy atom. The molecule has 7 nitrogen and oxygen atoms in total. The molecule has 0 aliphatic carbocycles. The van der Waals surface area contributed by atoms with Crippen LogP contribution < -0.4 is 16.5 Å². The number of pyridine rings is 1. The van der Waals surface area contributed by atoms with Gasteiger partial charge in [0.15, 0.2) is 5.58 Å². The first kappa shape index (κ1) is 22.4. The molecule has 176 valence electrons. The number of nitrogens with one attached hydrogen (secondary N) is 2. The predicted octanol–water partition coefficient (Wildman–Crippen LogP) is 5.66. The van der Waals surface area contributed by atoms with E-state index >= 15 is 0 Å². The molecule has 7 heteroatoms. The molecule has 2 aromatic heterocycles. The fourth-order valence-electron chi connectivity index (χ4n) is 4.27. The van der Waals surface area contributed by atoms with Crippen LogP contribution in [0, 0.1) is 0 Å². The number of hydrogen-bond donors (Lipinski definition) is 3. The summed E-state index contributed by atoms with van der Waals surface area (Å²) in [7, 11) is 0. The molecule has 0 radical (unpaired) electrons. The number of rotatable bonds is 8. The number of anilines is 2. The van der Waals surface area contributed by atoms with Crippen LogP contribution in [0.2, 0.25) is 0 Å². The van der Waals surface area contributed by atoms with Gasteiger partial charge in [0.05, 0.1) is 11.4 Å². The highest BCUT2D eigenvalue weighted by molar-refractivity contribution is 5.93. The highest BCUT2D eigenvalue weighted by Gasteiger charge is 2.19. The van der Waals surface area contributed by atoms with Crippen molar-refractivity contribution in [3.8, 4) is 11.5 Å². The molecule has 0 aliphatic rings. The number of carbonyl (C=O) groups is 1. The van der Waals surface area contributed by atoms with Gasteiger partial charge >= 0.3 is 0 Å². The van der Waals surface area contributed by atoms with Gasteiger partial charge in [-0.05, 0) is 55.7 Å². The quantitative estimate of drug-likeness (QED) is 0.202. The molecule has 0 fully saturated rings. The maximum atomic E-state index is 13.4. The van der Waals surface area contributed by atoms with E-state index < -0.39 is 0 Å². The Morgan fingerprint density at radius 1 is 0.943 bits per heavy atom. The average molecular weight is 467 g/mol. The van der Waals surface area contributed by atoms with Gasteiger partial charge in [0.25, 0.3) is 0 Å². The first-order valence-corrected chi connectivity index (χ1v) is 11.7. The van der Waals surface area contributed by atoms with Crippen LogP contribution in [0.5, 0.6) is 0 Å². The molecule has 0 spiro atoms. The van der Waals surface area contributed by atoms with E-state index in [1.807, 2.05) is 60.7 Å². The summed E-state index contributed by atoms with van der Waals surface area (Å²) in [5.74, 6) is 0.266. The minimum atomic E-state index is -0.0965. The Labute approximate surface area is 202 Å². The van der Waals surface area contributed by atoms with Crippen molar-refractivity contribution in [2.45, 2.75) is 32.1 Å². The van der Waals surface area contributed by atoms with Gasteiger partial charge < -0.3 is 20.5 Å². The molecule has 0 aliphatic heterocycles. The highest BCUT2D eigenvalue weighted by atomic mass is 16.3. The highest BCUT2D eigenvalue weighted by Crippen LogP contribution is 2.27. The number of carbonyl (C=O) groups excluding carboxylic acids is 1. The zero-order chi connectivity index (χ0) is 24.2. The van der Waals surface area contributed by atoms with Crippen LogP contribution in [0.3, 0.4) is 0 Å². The summed E-state index contributed by atoms with van der Waals surface area (Å²) in [5, 5.41) is 3.46. The van der Waals surface area contributed by atoms with Crippen LogP contribution in [0.25, 0.3) is 33.5 Å². The van der Waals surface area contributed by atoms with E-state index in [9.17, 15) is 9.59 Å². The third-order valence-corrected chi connectivity index (χ3v) is 6.06. The molecule has 0 saturated carbocycles. The Hall–Kier alpha value is -4.39. The van der Waals surface area contributed by atoms with E-state index in [2.05, 4.69) is 15.3 Å². The van der Waals surface area contributed by atoms with Crippen molar-refractivity contribution in [3.05, 3.63) is 88.7 Å². The number of benzene rings is 3. The fraction of sp³-hybridized carbons (Fsp3) is 0.179. The lowest BCUT2D eigenvalue weighted by Crippen LogP contribution is -2.13. The Kier molecular flexibility index (Phi) is 6.30. The molecular weight excluding hydrogens is 440 g/mol. The van der Waals surface area contributed by atoms with Crippen LogP contribution in [0.4, 0.5) is 11.4 Å². The second kappa shape index (κ2) is 9.85. The molecule has 0 saturated heterocycles. The molecule has 0 bridgehead atoms. The van der Waals surface area contributed by atoms with E-state index in [4.69, 9.17) is 10.2 Å². The number of H-pyrrole nitrogens is 1. The molecule has 3 aromatic carbocycles. The molecule has 5 rings (SSSR count). The van der Waals surface area contributed by atoms with Crippen molar-refractivity contribution >= 4 is 39.3 Å². The third kappa shape index (κ3) is 4.80. The van der Waals surface area contributed by atoms with Crippen LogP contribution in [-0.4, -0.2) is 15.9 Å². The first-order chi connectivity index (χ1) is 17.1. The largest absolute Gasteiger partial charge is 0.436 e. The van der Waals surface area contributed by atoms with Crippen LogP contribution in [0.1, 0.15) is 31.4 Å². The minimum Gasteiger partial charge on any atom is -0.436 e. The van der Waals surface area contributed by atoms with E-state index in [0.29, 0.717) is 52.2 Å². The summed E-state index contributed by atoms with van der Waals surface area (Å²) in [4.78, 5) is 33.7. The zero-order valence-corrected chi connectivity index (χ0v) is 19.2. The number of nitrogen functional groups attached to an aromatic ring is 1. The van der Waals surface area contributed by atoms with Crippen LogP contribution >= 0.6 is 0 Å². The van der Waals surface area contributed by atoms with Gasteiger partial charge in [0.2, 0.25) is 17.2 Å². The predicted molar refractivity (Wildman–Crippen MR) is 139 cm³/mol. The number of aryl methyl sites for hydroxylation is 1.